The number of aryl methyl sites for hydroxylation is 1. The summed E-state index contributed by atoms with van der Waals surface area (Å²) in [6.07, 6.45) is -7.33. The number of hydrogen-bond acceptors (Lipinski definition) is 14. The van der Waals surface area contributed by atoms with E-state index in [4.69, 9.17) is 34.2 Å². The Morgan fingerprint density at radius 3 is 2.37 bits per heavy atom. The molecule has 1 aliphatic heterocycles. The summed E-state index contributed by atoms with van der Waals surface area (Å²) in [5, 5.41) is 65.5. The van der Waals surface area contributed by atoms with Crippen molar-refractivity contribution in [2.24, 2.45) is 10.7 Å². The number of ether oxygens (including phenoxy) is 6. The number of aliphatic hydroxyl groups is 3. The average Bonchev–Trinajstić information content (AvgIpc) is 3.13. The van der Waals surface area contributed by atoms with Crippen LogP contribution in [0.1, 0.15) is 38.8 Å². The van der Waals surface area contributed by atoms with Gasteiger partial charge < -0.3 is 70.1 Å². The molecule has 0 aromatic heterocycles. The highest BCUT2D eigenvalue weighted by Crippen LogP contribution is 2.46. The number of aliphatic hydroxyl groups excluding tert-OH is 3. The van der Waals surface area contributed by atoms with E-state index >= 15 is 0 Å². The van der Waals surface area contributed by atoms with Crippen molar-refractivity contribution < 1.29 is 68.6 Å². The van der Waals surface area contributed by atoms with Crippen molar-refractivity contribution in [2.75, 3.05) is 34.1 Å². The van der Waals surface area contributed by atoms with Crippen LogP contribution in [0.25, 0.3) is 0 Å². The molecule has 3 aromatic carbocycles. The van der Waals surface area contributed by atoms with Crippen LogP contribution in [0, 0.1) is 0 Å². The number of carbonyl (C=O) groups excluding carboxylic acids is 1. The molecule has 1 saturated heterocycles. The van der Waals surface area contributed by atoms with E-state index in [1.807, 2.05) is 31.2 Å². The van der Waals surface area contributed by atoms with E-state index in [2.05, 4.69) is 10.3 Å². The second-order valence-electron chi connectivity index (χ2n) is 11.2. The van der Waals surface area contributed by atoms with Crippen LogP contribution in [0.15, 0.2) is 53.5 Å². The van der Waals surface area contributed by atoms with E-state index < -0.39 is 72.1 Å². The summed E-state index contributed by atoms with van der Waals surface area (Å²) in [6, 6.07) is 12.4. The van der Waals surface area contributed by atoms with Crippen molar-refractivity contribution in [3.8, 4) is 34.5 Å². The van der Waals surface area contributed by atoms with Gasteiger partial charge in [-0.15, -0.1) is 0 Å². The molecule has 1 aliphatic rings. The quantitative estimate of drug-likeness (QED) is 0.0470. The van der Waals surface area contributed by atoms with Crippen LogP contribution >= 0.6 is 0 Å². The molecule has 1 heterocycles. The Morgan fingerprint density at radius 1 is 0.941 bits per heavy atom. The number of nitrogens with zero attached hydrogens (tertiary/aromatic N) is 1. The van der Waals surface area contributed by atoms with Crippen molar-refractivity contribution >= 4 is 17.9 Å². The Bertz CT molecular complexity index is 1720. The van der Waals surface area contributed by atoms with Crippen LogP contribution in [0.4, 0.5) is 0 Å². The summed E-state index contributed by atoms with van der Waals surface area (Å²) < 4.78 is 33.1. The van der Waals surface area contributed by atoms with Crippen molar-refractivity contribution in [1.82, 2.24) is 5.32 Å². The van der Waals surface area contributed by atoms with E-state index in [-0.39, 0.29) is 42.1 Å². The Kier molecular flexibility index (Phi) is 13.1. The van der Waals surface area contributed by atoms with Gasteiger partial charge in [0.15, 0.2) is 35.7 Å². The van der Waals surface area contributed by atoms with Gasteiger partial charge in [-0.05, 0) is 35.7 Å². The predicted octanol–water partition coefficient (Wildman–Crippen LogP) is 0.902. The second kappa shape index (κ2) is 17.4. The van der Waals surface area contributed by atoms with Gasteiger partial charge in [0.1, 0.15) is 36.6 Å². The first-order valence-electron chi connectivity index (χ1n) is 15.7. The Morgan fingerprint density at radius 2 is 1.69 bits per heavy atom. The second-order valence-corrected chi connectivity index (χ2v) is 11.2. The van der Waals surface area contributed by atoms with Crippen LogP contribution in [0.3, 0.4) is 0 Å². The number of nitrogens with one attached hydrogen (secondary N) is 1. The number of carboxylic acids is 1. The fraction of sp³-hybridized carbons (Fsp3) is 0.382. The van der Waals surface area contributed by atoms with Gasteiger partial charge >= 0.3 is 11.9 Å². The van der Waals surface area contributed by atoms with Crippen LogP contribution in [0.2, 0.25) is 0 Å². The maximum absolute atomic E-state index is 13.2. The largest absolute Gasteiger partial charge is 0.504 e. The lowest BCUT2D eigenvalue weighted by Crippen LogP contribution is -2.60. The van der Waals surface area contributed by atoms with Gasteiger partial charge in [-0.25, -0.2) is 9.59 Å². The Balaban J connectivity index is 1.47. The number of phenolic OH excluding ortho intramolecular Hbond substituents is 2. The number of phenols is 2. The van der Waals surface area contributed by atoms with Gasteiger partial charge in [-0.2, -0.15) is 0 Å². The van der Waals surface area contributed by atoms with Crippen LogP contribution in [-0.2, 0) is 22.3 Å². The number of hydrogen-bond donors (Lipinski definition) is 8. The third-order valence-electron chi connectivity index (χ3n) is 7.87. The number of guanidine groups is 1. The van der Waals surface area contributed by atoms with Gasteiger partial charge in [-0.1, -0.05) is 31.2 Å². The minimum Gasteiger partial charge on any atom is -0.504 e. The molecule has 0 bridgehead atoms. The first-order valence-corrected chi connectivity index (χ1v) is 15.7. The van der Waals surface area contributed by atoms with Crippen molar-refractivity contribution in [2.45, 2.75) is 50.5 Å². The van der Waals surface area contributed by atoms with Gasteiger partial charge in [0.25, 0.3) is 0 Å². The molecule has 9 N–H and O–H groups in total. The number of methoxy groups -OCH3 is 1. The molecule has 4 rings (SSSR count). The number of rotatable bonds is 15. The molecule has 0 saturated carbocycles. The minimum atomic E-state index is -1.85. The number of nitrogens with two attached hydrogens (primary N) is 1. The molecule has 17 nitrogen and oxygen atoms in total. The maximum Gasteiger partial charge on any atom is 0.342 e. The Labute approximate surface area is 292 Å². The Hall–Kier alpha value is -5.49. The van der Waals surface area contributed by atoms with E-state index in [0.29, 0.717) is 6.42 Å². The molecular weight excluding hydrogens is 674 g/mol. The van der Waals surface area contributed by atoms with Gasteiger partial charge in [-0.3, -0.25) is 4.99 Å². The fourth-order valence-electron chi connectivity index (χ4n) is 4.97. The van der Waals surface area contributed by atoms with E-state index in [9.17, 15) is 40.2 Å². The molecule has 0 amide bonds. The summed E-state index contributed by atoms with van der Waals surface area (Å²) >= 11 is 0. The summed E-state index contributed by atoms with van der Waals surface area (Å²) in [4.78, 5) is 28.4. The van der Waals surface area contributed by atoms with Crippen molar-refractivity contribution in [3.63, 3.8) is 0 Å². The molecule has 0 aliphatic carbocycles. The standard InChI is InChI=1S/C34H41N3O14/c1-4-17-6-5-7-18(12-17)10-11-47-30-25(38)20(14-23(46-3)27(30)40)32(45)48-15-24-26(39)28(41)29(42)33(51-24)50-21-9-8-19(31(43)44)13-22(21)49-16-37-34(35)36-2/h5-9,12-14,24,26,28-29,33,38-42H,4,10-11,15-16H2,1-3H3,(H,43,44)(H3,35,36,37)/t24-,26-,28+,29-,33-/m1/s1. The highest BCUT2D eigenvalue weighted by molar-refractivity contribution is 5.95. The molecule has 276 valence electrons. The normalized spacial score (nSPS) is 20.3. The third kappa shape index (κ3) is 9.40. The lowest BCUT2D eigenvalue weighted by Gasteiger charge is -2.40. The fourth-order valence-corrected chi connectivity index (χ4v) is 4.97. The number of esters is 1. The van der Waals surface area contributed by atoms with E-state index in [0.717, 1.165) is 29.7 Å². The first-order chi connectivity index (χ1) is 24.4. The van der Waals surface area contributed by atoms with Crippen molar-refractivity contribution in [1.29, 1.82) is 0 Å². The predicted molar refractivity (Wildman–Crippen MR) is 179 cm³/mol. The molecule has 51 heavy (non-hydrogen) atoms. The zero-order valence-electron chi connectivity index (χ0n) is 28.0. The number of aliphatic imine (C=N–C) groups is 1. The molecule has 5 atom stereocenters. The average molecular weight is 716 g/mol. The molecule has 3 aromatic rings. The number of aromatic carboxylic acids is 1. The summed E-state index contributed by atoms with van der Waals surface area (Å²) in [6.45, 7) is 1.09. The van der Waals surface area contributed by atoms with E-state index in [1.165, 1.54) is 26.3 Å². The molecule has 1 fully saturated rings. The lowest BCUT2D eigenvalue weighted by atomic mass is 9.99. The van der Waals surface area contributed by atoms with Gasteiger partial charge in [0.2, 0.25) is 17.8 Å². The van der Waals surface area contributed by atoms with Gasteiger partial charge in [0, 0.05) is 19.5 Å². The summed E-state index contributed by atoms with van der Waals surface area (Å²) in [5.41, 5.74) is 7.07. The zero-order valence-corrected chi connectivity index (χ0v) is 28.0. The summed E-state index contributed by atoms with van der Waals surface area (Å²) in [5.74, 6) is -4.51. The number of benzene rings is 3. The number of aromatic hydroxyl groups is 2. The lowest BCUT2D eigenvalue weighted by molar-refractivity contribution is -0.277. The van der Waals surface area contributed by atoms with Gasteiger partial charge in [0.05, 0.1) is 19.3 Å². The summed E-state index contributed by atoms with van der Waals surface area (Å²) in [7, 11) is 2.67. The van der Waals surface area contributed by atoms with Crippen LogP contribution < -0.4 is 30.0 Å². The van der Waals surface area contributed by atoms with Crippen LogP contribution in [0.5, 0.6) is 34.5 Å². The number of carbonyl (C=O) groups is 2. The molecule has 17 heteroatoms. The maximum atomic E-state index is 13.2. The van der Waals surface area contributed by atoms with Crippen LogP contribution in [-0.4, -0.2) is 113 Å². The molecular formula is C34H41N3O14. The highest BCUT2D eigenvalue weighted by atomic mass is 16.7. The highest BCUT2D eigenvalue weighted by Gasteiger charge is 2.46. The molecule has 0 unspecified atom stereocenters. The first kappa shape index (κ1) is 38.3. The number of carboxylic acid groups (broad SMARTS) is 1. The molecule has 0 spiro atoms. The minimum absolute atomic E-state index is 0.0308. The third-order valence-corrected chi connectivity index (χ3v) is 7.87. The zero-order chi connectivity index (χ0) is 37.2. The smallest absolute Gasteiger partial charge is 0.342 e. The SMILES string of the molecule is CCc1cccc(CCOc2c(O)c(OC)cc(C(=O)OC[C@H]3O[C@@H](Oc4ccc(C(=O)O)cc4OCNC(N)=NC)[C@H](O)[C@@H](O)[C@@H]3O)c2O)c1. The van der Waals surface area contributed by atoms with Crippen molar-refractivity contribution in [3.05, 3.63) is 70.8 Å². The topological polar surface area (TPSA) is 261 Å². The molecule has 0 radical (unpaired) electrons. The monoisotopic (exact) mass is 715 g/mol. The van der Waals surface area contributed by atoms with E-state index in [1.54, 1.807) is 0 Å².